The number of fused-ring (bicyclic) bond motifs is 1. The molecule has 0 aliphatic carbocycles. The Morgan fingerprint density at radius 2 is 1.93 bits per heavy atom. The van der Waals surface area contributed by atoms with E-state index in [4.69, 9.17) is 11.6 Å². The van der Waals surface area contributed by atoms with Crippen LogP contribution in [0.5, 0.6) is 11.5 Å². The zero-order valence-corrected chi connectivity index (χ0v) is 23.3. The van der Waals surface area contributed by atoms with Crippen molar-refractivity contribution >= 4 is 46.2 Å². The van der Waals surface area contributed by atoms with Gasteiger partial charge in [0, 0.05) is 50.5 Å². The Hall–Kier alpha value is -3.33. The minimum absolute atomic E-state index is 0.0300. The van der Waals surface area contributed by atoms with Crippen molar-refractivity contribution in [3.05, 3.63) is 45.6 Å². The number of nitrogens with one attached hydrogen (secondary N) is 3. The molecular formula is C25H29ClF2N8O3S. The molecule has 1 aromatic carbocycles. The van der Waals surface area contributed by atoms with Gasteiger partial charge in [-0.25, -0.2) is 15.0 Å². The van der Waals surface area contributed by atoms with E-state index in [0.29, 0.717) is 34.4 Å². The third kappa shape index (κ3) is 7.65. The Morgan fingerprint density at radius 1 is 1.12 bits per heavy atom. The summed E-state index contributed by atoms with van der Waals surface area (Å²) in [5.41, 5.74) is 2.61. The molecule has 0 atom stereocenters. The van der Waals surface area contributed by atoms with Crippen LogP contribution >= 0.6 is 22.9 Å². The normalized spacial score (nSPS) is 16.6. The van der Waals surface area contributed by atoms with Crippen molar-refractivity contribution in [1.29, 1.82) is 0 Å². The van der Waals surface area contributed by atoms with Gasteiger partial charge in [-0.05, 0) is 43.7 Å². The van der Waals surface area contributed by atoms with E-state index in [-0.39, 0.29) is 29.1 Å². The molecule has 0 spiro atoms. The Kier molecular flexibility index (Phi) is 8.78. The lowest BCUT2D eigenvalue weighted by Crippen LogP contribution is -2.44. The van der Waals surface area contributed by atoms with Gasteiger partial charge in [-0.3, -0.25) is 4.79 Å². The van der Waals surface area contributed by atoms with E-state index < -0.39 is 6.29 Å². The van der Waals surface area contributed by atoms with E-state index in [0.717, 1.165) is 45.7 Å². The molecule has 0 saturated carbocycles. The standard InChI is InChI=1S/C25H29ClF2N8O3S/c1-35-7-9-36(10-8-35)6-2-5-29-21-12-17(33-24(26)34-21)14-30-23-20(40-15-31-23)13-22(37)32-16-3-4-18-19(11-16)39-25(27,28)38-18/h3-4,11-12,15,30H,2,5-10,13-14H2,1H3,(H,32,37)(H,29,33,34). The van der Waals surface area contributed by atoms with E-state index in [9.17, 15) is 13.6 Å². The number of thiazole rings is 1. The Balaban J connectivity index is 1.10. The van der Waals surface area contributed by atoms with E-state index >= 15 is 0 Å². The topological polar surface area (TPSA) is 117 Å². The summed E-state index contributed by atoms with van der Waals surface area (Å²) in [7, 11) is 2.15. The van der Waals surface area contributed by atoms with Gasteiger partial charge in [0.1, 0.15) is 11.6 Å². The molecule has 11 nitrogen and oxygen atoms in total. The number of benzene rings is 1. The van der Waals surface area contributed by atoms with Crippen LogP contribution in [0, 0.1) is 0 Å². The van der Waals surface area contributed by atoms with Gasteiger partial charge in [-0.2, -0.15) is 0 Å². The minimum Gasteiger partial charge on any atom is -0.395 e. The van der Waals surface area contributed by atoms with E-state index in [1.54, 1.807) is 5.51 Å². The molecule has 15 heteroatoms. The van der Waals surface area contributed by atoms with Gasteiger partial charge in [0.05, 0.1) is 29.0 Å². The number of halogens is 3. The number of piperazine rings is 1. The molecule has 1 fully saturated rings. The molecule has 0 bridgehead atoms. The maximum atomic E-state index is 13.2. The molecule has 1 amide bonds. The third-order valence-corrected chi connectivity index (χ3v) is 7.39. The van der Waals surface area contributed by atoms with Crippen LogP contribution in [0.25, 0.3) is 0 Å². The number of carbonyl (C=O) groups is 1. The highest BCUT2D eigenvalue weighted by molar-refractivity contribution is 7.10. The number of ether oxygens (including phenoxy) is 2. The molecule has 3 N–H and O–H groups in total. The molecule has 2 aliphatic rings. The van der Waals surface area contributed by atoms with Crippen molar-refractivity contribution in [3.8, 4) is 11.5 Å². The summed E-state index contributed by atoms with van der Waals surface area (Å²) in [5, 5.41) is 9.34. The van der Waals surface area contributed by atoms with Crippen molar-refractivity contribution in [2.24, 2.45) is 0 Å². The molecular weight excluding hydrogens is 566 g/mol. The molecule has 5 rings (SSSR count). The van der Waals surface area contributed by atoms with Gasteiger partial charge < -0.3 is 35.2 Å². The number of hydrogen-bond donors (Lipinski definition) is 3. The molecule has 40 heavy (non-hydrogen) atoms. The number of likely N-dealkylation sites (N-methyl/N-ethyl adjacent to an activating group) is 1. The first-order chi connectivity index (χ1) is 19.2. The van der Waals surface area contributed by atoms with E-state index in [1.165, 1.54) is 29.5 Å². The van der Waals surface area contributed by atoms with Gasteiger partial charge >= 0.3 is 6.29 Å². The molecule has 0 unspecified atom stereocenters. The molecule has 214 valence electrons. The monoisotopic (exact) mass is 594 g/mol. The Morgan fingerprint density at radius 3 is 2.75 bits per heavy atom. The maximum absolute atomic E-state index is 13.2. The summed E-state index contributed by atoms with van der Waals surface area (Å²) in [6.45, 7) is 6.49. The second-order valence-corrected chi connectivity index (χ2v) is 10.7. The van der Waals surface area contributed by atoms with Gasteiger partial charge in [0.15, 0.2) is 11.5 Å². The lowest BCUT2D eigenvalue weighted by Gasteiger charge is -2.32. The van der Waals surface area contributed by atoms with Crippen LogP contribution in [-0.2, 0) is 17.8 Å². The van der Waals surface area contributed by atoms with Crippen LogP contribution in [0.4, 0.5) is 26.1 Å². The summed E-state index contributed by atoms with van der Waals surface area (Å²) in [5.74, 6) is 0.614. The van der Waals surface area contributed by atoms with Gasteiger partial charge in [-0.1, -0.05) is 0 Å². The lowest BCUT2D eigenvalue weighted by atomic mass is 10.2. The first-order valence-electron chi connectivity index (χ1n) is 12.8. The number of alkyl halides is 2. The fraction of sp³-hybridized carbons (Fsp3) is 0.440. The van der Waals surface area contributed by atoms with Crippen molar-refractivity contribution in [1.82, 2.24) is 24.8 Å². The highest BCUT2D eigenvalue weighted by atomic mass is 35.5. The maximum Gasteiger partial charge on any atom is 0.586 e. The summed E-state index contributed by atoms with van der Waals surface area (Å²) in [6.07, 6.45) is -2.70. The van der Waals surface area contributed by atoms with Crippen molar-refractivity contribution in [2.45, 2.75) is 25.7 Å². The highest BCUT2D eigenvalue weighted by Gasteiger charge is 2.43. The quantitative estimate of drug-likeness (QED) is 0.224. The number of rotatable bonds is 11. The van der Waals surface area contributed by atoms with Crippen LogP contribution in [0.3, 0.4) is 0 Å². The molecule has 0 radical (unpaired) electrons. The second-order valence-electron chi connectivity index (χ2n) is 9.47. The number of carbonyl (C=O) groups excluding carboxylic acids is 1. The molecule has 2 aliphatic heterocycles. The first-order valence-corrected chi connectivity index (χ1v) is 14.0. The van der Waals surface area contributed by atoms with E-state index in [1.807, 2.05) is 6.07 Å². The predicted molar refractivity (Wildman–Crippen MR) is 149 cm³/mol. The van der Waals surface area contributed by atoms with Gasteiger partial charge in [-0.15, -0.1) is 20.1 Å². The van der Waals surface area contributed by atoms with E-state index in [2.05, 4.69) is 57.2 Å². The zero-order chi connectivity index (χ0) is 28.1. The van der Waals surface area contributed by atoms with Gasteiger partial charge in [0.25, 0.3) is 0 Å². The fourth-order valence-corrected chi connectivity index (χ4v) is 5.27. The third-order valence-electron chi connectivity index (χ3n) is 6.39. The summed E-state index contributed by atoms with van der Waals surface area (Å²) < 4.78 is 35.3. The second kappa shape index (κ2) is 12.5. The van der Waals surface area contributed by atoms with Gasteiger partial charge in [0.2, 0.25) is 11.2 Å². The van der Waals surface area contributed by atoms with Crippen LogP contribution in [-0.4, -0.2) is 83.3 Å². The van der Waals surface area contributed by atoms with Crippen LogP contribution in [0.1, 0.15) is 17.0 Å². The SMILES string of the molecule is CN1CCN(CCCNc2cc(CNc3ncsc3CC(=O)Nc3ccc4c(c3)OC(F)(F)O4)nc(Cl)n2)CC1. The van der Waals surface area contributed by atoms with Crippen molar-refractivity contribution in [2.75, 3.05) is 62.3 Å². The van der Waals surface area contributed by atoms with Crippen LogP contribution in [0.2, 0.25) is 5.28 Å². The number of aromatic nitrogens is 3. The number of nitrogens with zero attached hydrogens (tertiary/aromatic N) is 5. The van der Waals surface area contributed by atoms with Crippen LogP contribution in [0.15, 0.2) is 29.8 Å². The summed E-state index contributed by atoms with van der Waals surface area (Å²) in [4.78, 5) is 31.0. The highest BCUT2D eigenvalue weighted by Crippen LogP contribution is 2.42. The first kappa shape index (κ1) is 28.2. The molecule has 1 saturated heterocycles. The average molecular weight is 595 g/mol. The zero-order valence-electron chi connectivity index (χ0n) is 21.8. The minimum atomic E-state index is -3.72. The smallest absolute Gasteiger partial charge is 0.395 e. The fourth-order valence-electron chi connectivity index (χ4n) is 4.33. The van der Waals surface area contributed by atoms with Crippen LogP contribution < -0.4 is 25.4 Å². The Bertz CT molecular complexity index is 1340. The number of amides is 1. The van der Waals surface area contributed by atoms with Crippen molar-refractivity contribution in [3.63, 3.8) is 0 Å². The summed E-state index contributed by atoms with van der Waals surface area (Å²) >= 11 is 7.48. The molecule has 3 aromatic rings. The number of hydrogen-bond acceptors (Lipinski definition) is 11. The van der Waals surface area contributed by atoms with Crippen molar-refractivity contribution < 1.29 is 23.0 Å². The summed E-state index contributed by atoms with van der Waals surface area (Å²) in [6, 6.07) is 5.90. The Labute approximate surface area is 238 Å². The number of anilines is 3. The lowest BCUT2D eigenvalue weighted by molar-refractivity contribution is -0.286. The average Bonchev–Trinajstić information content (AvgIpc) is 3.47. The largest absolute Gasteiger partial charge is 0.586 e. The molecule has 2 aromatic heterocycles. The molecule has 4 heterocycles. The predicted octanol–water partition coefficient (Wildman–Crippen LogP) is 3.75.